The number of carbonyl (C=O) groups is 1. The molecule has 0 bridgehead atoms. The van der Waals surface area contributed by atoms with Crippen LogP contribution < -0.4 is 11.1 Å². The first kappa shape index (κ1) is 13.7. The maximum atomic E-state index is 11.7. The quantitative estimate of drug-likeness (QED) is 0.778. The van der Waals surface area contributed by atoms with Gasteiger partial charge in [-0.2, -0.15) is 0 Å². The SMILES string of the molecule is CC(OC(C)(C)CN)C(=O)NCc1ccco1. The fourth-order valence-corrected chi connectivity index (χ4v) is 1.31. The first-order valence-corrected chi connectivity index (χ1v) is 5.62. The van der Waals surface area contributed by atoms with E-state index < -0.39 is 11.7 Å². The highest BCUT2D eigenvalue weighted by Crippen LogP contribution is 2.10. The topological polar surface area (TPSA) is 77.5 Å². The van der Waals surface area contributed by atoms with E-state index in [0.29, 0.717) is 18.8 Å². The largest absolute Gasteiger partial charge is 0.467 e. The molecule has 0 saturated carbocycles. The molecule has 1 aromatic rings. The summed E-state index contributed by atoms with van der Waals surface area (Å²) in [6.07, 6.45) is 1.03. The Morgan fingerprint density at radius 1 is 1.65 bits per heavy atom. The van der Waals surface area contributed by atoms with Gasteiger partial charge in [0.25, 0.3) is 0 Å². The standard InChI is InChI=1S/C12H20N2O3/c1-9(17-12(2,3)8-13)11(15)14-7-10-5-4-6-16-10/h4-6,9H,7-8,13H2,1-3H3,(H,14,15). The molecule has 1 aromatic heterocycles. The van der Waals surface area contributed by atoms with Gasteiger partial charge >= 0.3 is 0 Å². The second-order valence-corrected chi connectivity index (χ2v) is 4.52. The van der Waals surface area contributed by atoms with Crippen molar-refractivity contribution in [3.8, 4) is 0 Å². The molecule has 0 saturated heterocycles. The second kappa shape index (κ2) is 5.84. The molecule has 0 aliphatic carbocycles. The molecule has 1 atom stereocenters. The lowest BCUT2D eigenvalue weighted by atomic mass is 10.1. The van der Waals surface area contributed by atoms with E-state index in [0.717, 1.165) is 0 Å². The number of rotatable bonds is 6. The third kappa shape index (κ3) is 4.58. The Morgan fingerprint density at radius 3 is 2.88 bits per heavy atom. The van der Waals surface area contributed by atoms with Crippen LogP contribution in [0.3, 0.4) is 0 Å². The summed E-state index contributed by atoms with van der Waals surface area (Å²) in [5.74, 6) is 0.534. The molecule has 0 aliphatic rings. The van der Waals surface area contributed by atoms with Crippen LogP contribution in [0.4, 0.5) is 0 Å². The van der Waals surface area contributed by atoms with E-state index in [-0.39, 0.29) is 5.91 Å². The molecule has 5 nitrogen and oxygen atoms in total. The van der Waals surface area contributed by atoms with Crippen LogP contribution in [0.1, 0.15) is 26.5 Å². The molecule has 0 fully saturated rings. The normalized spacial score (nSPS) is 13.4. The highest BCUT2D eigenvalue weighted by molar-refractivity contribution is 5.80. The van der Waals surface area contributed by atoms with Crippen LogP contribution in [0.25, 0.3) is 0 Å². The Hall–Kier alpha value is -1.33. The summed E-state index contributed by atoms with van der Waals surface area (Å²) in [4.78, 5) is 11.7. The van der Waals surface area contributed by atoms with Crippen LogP contribution >= 0.6 is 0 Å². The van der Waals surface area contributed by atoms with Gasteiger partial charge in [-0.1, -0.05) is 0 Å². The molecule has 96 valence electrons. The van der Waals surface area contributed by atoms with Crippen molar-refractivity contribution >= 4 is 5.91 Å². The van der Waals surface area contributed by atoms with E-state index in [1.165, 1.54) is 0 Å². The molecule has 0 aliphatic heterocycles. The lowest BCUT2D eigenvalue weighted by molar-refractivity contribution is -0.141. The summed E-state index contributed by atoms with van der Waals surface area (Å²) in [6, 6.07) is 3.58. The van der Waals surface area contributed by atoms with E-state index in [9.17, 15) is 4.79 Å². The molecule has 1 rings (SSSR count). The van der Waals surface area contributed by atoms with E-state index in [2.05, 4.69) is 5.32 Å². The molecule has 0 spiro atoms. The minimum absolute atomic E-state index is 0.178. The average molecular weight is 240 g/mol. The van der Waals surface area contributed by atoms with Gasteiger partial charge < -0.3 is 20.2 Å². The van der Waals surface area contributed by atoms with Gasteiger partial charge in [-0.25, -0.2) is 0 Å². The molecule has 1 heterocycles. The second-order valence-electron chi connectivity index (χ2n) is 4.52. The van der Waals surface area contributed by atoms with Crippen LogP contribution in [-0.2, 0) is 16.1 Å². The molecule has 3 N–H and O–H groups in total. The van der Waals surface area contributed by atoms with Gasteiger partial charge in [0.05, 0.1) is 18.4 Å². The third-order valence-electron chi connectivity index (χ3n) is 2.37. The highest BCUT2D eigenvalue weighted by Gasteiger charge is 2.23. The number of nitrogens with two attached hydrogens (primary N) is 1. The zero-order valence-corrected chi connectivity index (χ0v) is 10.5. The van der Waals surface area contributed by atoms with Crippen LogP contribution in [-0.4, -0.2) is 24.2 Å². The van der Waals surface area contributed by atoms with Gasteiger partial charge in [0.15, 0.2) is 0 Å². The first-order chi connectivity index (χ1) is 7.94. The van der Waals surface area contributed by atoms with Gasteiger partial charge in [-0.3, -0.25) is 4.79 Å². The average Bonchev–Trinajstić information content (AvgIpc) is 2.78. The van der Waals surface area contributed by atoms with Gasteiger partial charge in [0, 0.05) is 6.54 Å². The molecular formula is C12H20N2O3. The monoisotopic (exact) mass is 240 g/mol. The van der Waals surface area contributed by atoms with Crippen molar-refractivity contribution in [2.75, 3.05) is 6.54 Å². The summed E-state index contributed by atoms with van der Waals surface area (Å²) in [5.41, 5.74) is 5.04. The molecule has 1 amide bonds. The predicted octanol–water partition coefficient (Wildman–Crippen LogP) is 1.04. The van der Waals surface area contributed by atoms with E-state index >= 15 is 0 Å². The van der Waals surface area contributed by atoms with Crippen molar-refractivity contribution in [1.29, 1.82) is 0 Å². The van der Waals surface area contributed by atoms with Crippen molar-refractivity contribution in [3.63, 3.8) is 0 Å². The fourth-order valence-electron chi connectivity index (χ4n) is 1.31. The number of nitrogens with one attached hydrogen (secondary N) is 1. The van der Waals surface area contributed by atoms with Crippen molar-refractivity contribution in [2.24, 2.45) is 5.73 Å². The molecule has 0 aromatic carbocycles. The molecule has 0 radical (unpaired) electrons. The summed E-state index contributed by atoms with van der Waals surface area (Å²) in [7, 11) is 0. The fraction of sp³-hybridized carbons (Fsp3) is 0.583. The van der Waals surface area contributed by atoms with Crippen LogP contribution in [0, 0.1) is 0 Å². The Balaban J connectivity index is 2.37. The van der Waals surface area contributed by atoms with Gasteiger partial charge in [-0.05, 0) is 32.9 Å². The van der Waals surface area contributed by atoms with Crippen LogP contribution in [0.5, 0.6) is 0 Å². The summed E-state index contributed by atoms with van der Waals surface area (Å²) >= 11 is 0. The third-order valence-corrected chi connectivity index (χ3v) is 2.37. The number of hydrogen-bond donors (Lipinski definition) is 2. The van der Waals surface area contributed by atoms with E-state index in [1.807, 2.05) is 13.8 Å². The van der Waals surface area contributed by atoms with Crippen LogP contribution in [0.15, 0.2) is 22.8 Å². The summed E-state index contributed by atoms with van der Waals surface area (Å²) in [6.45, 7) is 6.13. The minimum Gasteiger partial charge on any atom is -0.467 e. The summed E-state index contributed by atoms with van der Waals surface area (Å²) in [5, 5.41) is 2.73. The van der Waals surface area contributed by atoms with Gasteiger partial charge in [0.2, 0.25) is 5.91 Å². The molecule has 5 heteroatoms. The maximum Gasteiger partial charge on any atom is 0.249 e. The van der Waals surface area contributed by atoms with Gasteiger partial charge in [0.1, 0.15) is 11.9 Å². The lowest BCUT2D eigenvalue weighted by Crippen LogP contribution is -2.43. The predicted molar refractivity (Wildman–Crippen MR) is 64.2 cm³/mol. The summed E-state index contributed by atoms with van der Waals surface area (Å²) < 4.78 is 10.7. The van der Waals surface area contributed by atoms with Crippen LogP contribution in [0.2, 0.25) is 0 Å². The Morgan fingerprint density at radius 2 is 2.35 bits per heavy atom. The number of carbonyl (C=O) groups excluding carboxylic acids is 1. The smallest absolute Gasteiger partial charge is 0.249 e. The number of hydrogen-bond acceptors (Lipinski definition) is 4. The lowest BCUT2D eigenvalue weighted by Gasteiger charge is -2.27. The minimum atomic E-state index is -0.538. The van der Waals surface area contributed by atoms with E-state index in [4.69, 9.17) is 14.9 Å². The van der Waals surface area contributed by atoms with Gasteiger partial charge in [-0.15, -0.1) is 0 Å². The number of amides is 1. The van der Waals surface area contributed by atoms with Crippen molar-refractivity contribution in [3.05, 3.63) is 24.2 Å². The Bertz CT molecular complexity index is 347. The Labute approximate surface area is 101 Å². The zero-order valence-electron chi connectivity index (χ0n) is 10.5. The van der Waals surface area contributed by atoms with Crippen molar-refractivity contribution in [2.45, 2.75) is 39.0 Å². The number of ether oxygens (including phenoxy) is 1. The van der Waals surface area contributed by atoms with E-state index in [1.54, 1.807) is 25.3 Å². The molecular weight excluding hydrogens is 220 g/mol. The highest BCUT2D eigenvalue weighted by atomic mass is 16.5. The Kier molecular flexibility index (Phi) is 4.72. The molecule has 17 heavy (non-hydrogen) atoms. The number of furan rings is 1. The first-order valence-electron chi connectivity index (χ1n) is 5.62. The van der Waals surface area contributed by atoms with Crippen molar-refractivity contribution in [1.82, 2.24) is 5.32 Å². The maximum absolute atomic E-state index is 11.7. The van der Waals surface area contributed by atoms with Crippen molar-refractivity contribution < 1.29 is 13.9 Å². The zero-order chi connectivity index (χ0) is 12.9. The molecule has 1 unspecified atom stereocenters.